The maximum absolute atomic E-state index is 11.8. The van der Waals surface area contributed by atoms with Gasteiger partial charge in [0.05, 0.1) is 12.0 Å². The Hall–Kier alpha value is -1.69. The highest BCUT2D eigenvalue weighted by Gasteiger charge is 2.14. The van der Waals surface area contributed by atoms with E-state index in [-0.39, 0.29) is 6.61 Å². The summed E-state index contributed by atoms with van der Waals surface area (Å²) in [6.07, 6.45) is 2.21. The van der Waals surface area contributed by atoms with Crippen molar-refractivity contribution in [1.82, 2.24) is 5.32 Å². The molecule has 1 N–H and O–H groups in total. The Morgan fingerprint density at radius 1 is 1.33 bits per heavy atom. The number of benzene rings is 1. The minimum absolute atomic E-state index is 0.214. The number of carboxylic acid groups (broad SMARTS) is 1. The predicted molar refractivity (Wildman–Crippen MR) is 81.3 cm³/mol. The Morgan fingerprint density at radius 2 is 1.95 bits per heavy atom. The number of carbonyl (C=O) groups excluding carboxylic acids is 2. The lowest BCUT2D eigenvalue weighted by Crippen LogP contribution is -2.49. The second-order valence-corrected chi connectivity index (χ2v) is 5.72. The van der Waals surface area contributed by atoms with E-state index in [4.69, 9.17) is 4.74 Å². The van der Waals surface area contributed by atoms with Gasteiger partial charge in [0.2, 0.25) is 0 Å². The fourth-order valence-electron chi connectivity index (χ4n) is 1.89. The smallest absolute Gasteiger partial charge is 0.258 e. The minimum Gasteiger partial charge on any atom is -0.548 e. The molecule has 0 aliphatic carbocycles. The first-order valence-corrected chi connectivity index (χ1v) is 8.03. The number of rotatable bonds is 8. The average Bonchev–Trinajstić information content (AvgIpc) is 2.42. The molecule has 1 rings (SSSR count). The molecule has 0 heterocycles. The van der Waals surface area contributed by atoms with E-state index in [1.165, 1.54) is 11.8 Å². The van der Waals surface area contributed by atoms with Gasteiger partial charge in [0, 0.05) is 0 Å². The zero-order valence-electron chi connectivity index (χ0n) is 12.5. The number of aliphatic carboxylic acids is 1. The van der Waals surface area contributed by atoms with Gasteiger partial charge in [-0.3, -0.25) is 4.79 Å². The third kappa shape index (κ3) is 5.67. The lowest BCUT2D eigenvalue weighted by molar-refractivity contribution is -0.308. The summed E-state index contributed by atoms with van der Waals surface area (Å²) in [6.45, 7) is 3.57. The highest BCUT2D eigenvalue weighted by atomic mass is 32.2. The molecule has 21 heavy (non-hydrogen) atoms. The van der Waals surface area contributed by atoms with Crippen molar-refractivity contribution < 1.29 is 19.4 Å². The van der Waals surface area contributed by atoms with Crippen LogP contribution in [0.15, 0.2) is 18.2 Å². The molecular formula is C15H20NO4S-. The topological polar surface area (TPSA) is 78.5 Å². The monoisotopic (exact) mass is 310 g/mol. The van der Waals surface area contributed by atoms with E-state index in [9.17, 15) is 14.7 Å². The maximum Gasteiger partial charge on any atom is 0.258 e. The molecule has 0 aliphatic heterocycles. The number of carboxylic acids is 1. The third-order valence-electron chi connectivity index (χ3n) is 2.99. The van der Waals surface area contributed by atoms with Crippen LogP contribution in [0.4, 0.5) is 0 Å². The average molecular weight is 310 g/mol. The second-order valence-electron chi connectivity index (χ2n) is 4.73. The Labute approximate surface area is 129 Å². The number of carbonyl (C=O) groups is 2. The normalized spacial score (nSPS) is 11.8. The van der Waals surface area contributed by atoms with Gasteiger partial charge in [-0.15, -0.1) is 0 Å². The summed E-state index contributed by atoms with van der Waals surface area (Å²) in [5.74, 6) is -0.448. The molecule has 0 spiro atoms. The van der Waals surface area contributed by atoms with Gasteiger partial charge in [0.15, 0.2) is 6.61 Å². The van der Waals surface area contributed by atoms with Crippen molar-refractivity contribution in [2.45, 2.75) is 26.3 Å². The molecule has 0 saturated carbocycles. The molecule has 0 radical (unpaired) electrons. The molecule has 5 nitrogen and oxygen atoms in total. The lowest BCUT2D eigenvalue weighted by atomic mass is 10.1. The molecule has 0 unspecified atom stereocenters. The quantitative estimate of drug-likeness (QED) is 0.763. The van der Waals surface area contributed by atoms with E-state index in [1.807, 2.05) is 38.3 Å². The van der Waals surface area contributed by atoms with Crippen LogP contribution in [0.1, 0.15) is 17.5 Å². The molecule has 1 amide bonds. The second kappa shape index (κ2) is 8.56. The predicted octanol–water partition coefficient (Wildman–Crippen LogP) is 0.670. The zero-order valence-corrected chi connectivity index (χ0v) is 13.3. The first kappa shape index (κ1) is 17.4. The molecule has 1 aromatic carbocycles. The Morgan fingerprint density at radius 3 is 2.48 bits per heavy atom. The van der Waals surface area contributed by atoms with Crippen LogP contribution in [0, 0.1) is 13.8 Å². The van der Waals surface area contributed by atoms with Crippen LogP contribution in [0.2, 0.25) is 0 Å². The van der Waals surface area contributed by atoms with Crippen molar-refractivity contribution in [1.29, 1.82) is 0 Å². The molecule has 0 fully saturated rings. The van der Waals surface area contributed by atoms with Crippen molar-refractivity contribution in [2.24, 2.45) is 0 Å². The standard InChI is InChI=1S/C15H21NO4S/c1-10-5-4-6-11(2)14(10)20-9-13(17)16-12(15(18)19)7-8-21-3/h4-6,12H,7-9H2,1-3H3,(H,16,17)(H,18,19)/p-1/t12-/m0/s1. The summed E-state index contributed by atoms with van der Waals surface area (Å²) in [4.78, 5) is 22.7. The third-order valence-corrected chi connectivity index (χ3v) is 3.63. The Kier molecular flexibility index (Phi) is 7.08. The van der Waals surface area contributed by atoms with Crippen LogP contribution in [0.25, 0.3) is 0 Å². The summed E-state index contributed by atoms with van der Waals surface area (Å²) in [6, 6.07) is 4.71. The van der Waals surface area contributed by atoms with E-state index in [1.54, 1.807) is 0 Å². The van der Waals surface area contributed by atoms with Gasteiger partial charge in [-0.1, -0.05) is 18.2 Å². The van der Waals surface area contributed by atoms with E-state index >= 15 is 0 Å². The number of ether oxygens (including phenoxy) is 1. The van der Waals surface area contributed by atoms with Crippen molar-refractivity contribution in [2.75, 3.05) is 18.6 Å². The van der Waals surface area contributed by atoms with E-state index in [2.05, 4.69) is 5.32 Å². The molecule has 6 heteroatoms. The molecule has 116 valence electrons. The maximum atomic E-state index is 11.8. The van der Waals surface area contributed by atoms with Gasteiger partial charge in [-0.25, -0.2) is 0 Å². The van der Waals surface area contributed by atoms with E-state index in [0.717, 1.165) is 11.1 Å². The van der Waals surface area contributed by atoms with Crippen LogP contribution in [-0.2, 0) is 9.59 Å². The summed E-state index contributed by atoms with van der Waals surface area (Å²) in [5, 5.41) is 13.4. The molecular weight excluding hydrogens is 290 g/mol. The van der Waals surface area contributed by atoms with Crippen molar-refractivity contribution in [3.63, 3.8) is 0 Å². The minimum atomic E-state index is -1.27. The first-order valence-electron chi connectivity index (χ1n) is 6.64. The largest absolute Gasteiger partial charge is 0.548 e. The van der Waals surface area contributed by atoms with Crippen molar-refractivity contribution in [3.8, 4) is 5.75 Å². The molecule has 0 bridgehead atoms. The summed E-state index contributed by atoms with van der Waals surface area (Å²) < 4.78 is 5.48. The number of aryl methyl sites for hydroxylation is 2. The number of amides is 1. The van der Waals surface area contributed by atoms with Gasteiger partial charge >= 0.3 is 0 Å². The van der Waals surface area contributed by atoms with Crippen LogP contribution in [-0.4, -0.2) is 36.5 Å². The molecule has 0 saturated heterocycles. The van der Waals surface area contributed by atoms with Gasteiger partial charge in [-0.2, -0.15) is 11.8 Å². The highest BCUT2D eigenvalue weighted by molar-refractivity contribution is 7.98. The number of nitrogens with one attached hydrogen (secondary N) is 1. The SMILES string of the molecule is CSCC[C@H](NC(=O)COc1c(C)cccc1C)C(=O)[O-]. The van der Waals surface area contributed by atoms with Crippen LogP contribution >= 0.6 is 11.8 Å². The zero-order chi connectivity index (χ0) is 15.8. The Bertz CT molecular complexity index is 484. The fourth-order valence-corrected chi connectivity index (χ4v) is 2.36. The number of hydrogen-bond acceptors (Lipinski definition) is 5. The van der Waals surface area contributed by atoms with Gasteiger partial charge in [-0.05, 0) is 43.4 Å². The van der Waals surface area contributed by atoms with Crippen molar-refractivity contribution >= 4 is 23.6 Å². The number of hydrogen-bond donors (Lipinski definition) is 1. The van der Waals surface area contributed by atoms with Gasteiger partial charge in [0.1, 0.15) is 5.75 Å². The summed E-state index contributed by atoms with van der Waals surface area (Å²) in [7, 11) is 0. The number of para-hydroxylation sites is 1. The fraction of sp³-hybridized carbons (Fsp3) is 0.467. The molecule has 1 atom stereocenters. The molecule has 0 aromatic heterocycles. The summed E-state index contributed by atoms with van der Waals surface area (Å²) >= 11 is 1.51. The van der Waals surface area contributed by atoms with E-state index in [0.29, 0.717) is 17.9 Å². The van der Waals surface area contributed by atoms with E-state index < -0.39 is 17.9 Å². The molecule has 1 aromatic rings. The number of thioether (sulfide) groups is 1. The lowest BCUT2D eigenvalue weighted by Gasteiger charge is -2.19. The van der Waals surface area contributed by atoms with Crippen molar-refractivity contribution in [3.05, 3.63) is 29.3 Å². The Balaban J connectivity index is 2.55. The van der Waals surface area contributed by atoms with Crippen LogP contribution in [0.3, 0.4) is 0 Å². The van der Waals surface area contributed by atoms with Crippen LogP contribution in [0.5, 0.6) is 5.75 Å². The summed E-state index contributed by atoms with van der Waals surface area (Å²) in [5.41, 5.74) is 1.86. The first-order chi connectivity index (χ1) is 9.95. The van der Waals surface area contributed by atoms with Gasteiger partial charge in [0.25, 0.3) is 5.91 Å². The highest BCUT2D eigenvalue weighted by Crippen LogP contribution is 2.21. The molecule has 0 aliphatic rings. The van der Waals surface area contributed by atoms with Gasteiger partial charge < -0.3 is 20.0 Å². The van der Waals surface area contributed by atoms with Crippen LogP contribution < -0.4 is 15.2 Å².